The molecule has 0 radical (unpaired) electrons. The quantitative estimate of drug-likeness (QED) is 0.716. The molecule has 2 nitrogen and oxygen atoms in total. The fourth-order valence-electron chi connectivity index (χ4n) is 1.92. The van der Waals surface area contributed by atoms with Crippen molar-refractivity contribution >= 4 is 0 Å². The number of benzene rings is 1. The highest BCUT2D eigenvalue weighted by Gasteiger charge is 2.05. The van der Waals surface area contributed by atoms with Crippen LogP contribution in [-0.4, -0.2) is 19.3 Å². The van der Waals surface area contributed by atoms with Crippen LogP contribution in [-0.2, 0) is 11.2 Å². The summed E-state index contributed by atoms with van der Waals surface area (Å²) in [5.41, 5.74) is 8.82. The third-order valence-corrected chi connectivity index (χ3v) is 3.13. The minimum atomic E-state index is 0.201. The zero-order chi connectivity index (χ0) is 13.4. The SMILES string of the molecule is CCCOCCC(N)Cc1ccc(C(C)C)cc1. The Morgan fingerprint density at radius 2 is 1.78 bits per heavy atom. The first-order valence-electron chi connectivity index (χ1n) is 7.05. The largest absolute Gasteiger partial charge is 0.381 e. The van der Waals surface area contributed by atoms with E-state index in [1.54, 1.807) is 0 Å². The molecule has 0 spiro atoms. The molecule has 0 aromatic heterocycles. The molecular weight excluding hydrogens is 222 g/mol. The van der Waals surface area contributed by atoms with E-state index >= 15 is 0 Å². The lowest BCUT2D eigenvalue weighted by atomic mass is 9.98. The van der Waals surface area contributed by atoms with Crippen LogP contribution < -0.4 is 5.73 Å². The lowest BCUT2D eigenvalue weighted by Gasteiger charge is -2.13. The average Bonchev–Trinajstić information content (AvgIpc) is 2.35. The van der Waals surface area contributed by atoms with Crippen LogP contribution in [0.5, 0.6) is 0 Å². The standard InChI is InChI=1S/C16H27NO/c1-4-10-18-11-9-16(17)12-14-5-7-15(8-6-14)13(2)3/h5-8,13,16H,4,9-12,17H2,1-3H3. The van der Waals surface area contributed by atoms with Crippen molar-refractivity contribution in [1.29, 1.82) is 0 Å². The number of hydrogen-bond donors (Lipinski definition) is 1. The molecular formula is C16H27NO. The summed E-state index contributed by atoms with van der Waals surface area (Å²) in [6.07, 6.45) is 2.95. The normalized spacial score (nSPS) is 12.9. The topological polar surface area (TPSA) is 35.2 Å². The summed E-state index contributed by atoms with van der Waals surface area (Å²) in [6, 6.07) is 9.01. The summed E-state index contributed by atoms with van der Waals surface area (Å²) in [6.45, 7) is 8.17. The molecule has 1 rings (SSSR count). The van der Waals surface area contributed by atoms with Crippen molar-refractivity contribution < 1.29 is 4.74 Å². The van der Waals surface area contributed by atoms with Crippen LogP contribution in [0, 0.1) is 0 Å². The van der Waals surface area contributed by atoms with E-state index in [9.17, 15) is 0 Å². The van der Waals surface area contributed by atoms with Gasteiger partial charge in [-0.25, -0.2) is 0 Å². The Morgan fingerprint density at radius 3 is 2.33 bits per heavy atom. The van der Waals surface area contributed by atoms with E-state index in [0.29, 0.717) is 5.92 Å². The van der Waals surface area contributed by atoms with Crippen molar-refractivity contribution in [3.63, 3.8) is 0 Å². The highest BCUT2D eigenvalue weighted by atomic mass is 16.5. The number of rotatable bonds is 8. The minimum absolute atomic E-state index is 0.201. The van der Waals surface area contributed by atoms with Crippen molar-refractivity contribution in [3.8, 4) is 0 Å². The molecule has 18 heavy (non-hydrogen) atoms. The molecule has 0 amide bonds. The molecule has 0 aliphatic rings. The first kappa shape index (κ1) is 15.2. The van der Waals surface area contributed by atoms with Gasteiger partial charge in [-0.3, -0.25) is 0 Å². The summed E-state index contributed by atoms with van der Waals surface area (Å²) < 4.78 is 5.46. The summed E-state index contributed by atoms with van der Waals surface area (Å²) in [5, 5.41) is 0. The van der Waals surface area contributed by atoms with Gasteiger partial charge in [0.15, 0.2) is 0 Å². The second kappa shape index (κ2) is 8.28. The maximum atomic E-state index is 6.11. The Kier molecular flexibility index (Phi) is 6.99. The Bertz CT molecular complexity index is 318. The smallest absolute Gasteiger partial charge is 0.0480 e. The zero-order valence-electron chi connectivity index (χ0n) is 12.0. The second-order valence-electron chi connectivity index (χ2n) is 5.26. The number of nitrogens with two attached hydrogens (primary N) is 1. The van der Waals surface area contributed by atoms with Crippen LogP contribution in [0.15, 0.2) is 24.3 Å². The highest BCUT2D eigenvalue weighted by Crippen LogP contribution is 2.15. The zero-order valence-corrected chi connectivity index (χ0v) is 12.0. The van der Waals surface area contributed by atoms with Crippen LogP contribution in [0.3, 0.4) is 0 Å². The van der Waals surface area contributed by atoms with Gasteiger partial charge in [-0.1, -0.05) is 45.0 Å². The number of ether oxygens (including phenoxy) is 1. The maximum absolute atomic E-state index is 6.11. The summed E-state index contributed by atoms with van der Waals surface area (Å²) >= 11 is 0. The lowest BCUT2D eigenvalue weighted by Crippen LogP contribution is -2.24. The van der Waals surface area contributed by atoms with Gasteiger partial charge in [-0.2, -0.15) is 0 Å². The van der Waals surface area contributed by atoms with Crippen LogP contribution in [0.4, 0.5) is 0 Å². The van der Waals surface area contributed by atoms with Gasteiger partial charge in [-0.15, -0.1) is 0 Å². The minimum Gasteiger partial charge on any atom is -0.381 e. The lowest BCUT2D eigenvalue weighted by molar-refractivity contribution is 0.127. The first-order chi connectivity index (χ1) is 8.63. The van der Waals surface area contributed by atoms with Gasteiger partial charge in [0, 0.05) is 19.3 Å². The Hall–Kier alpha value is -0.860. The molecule has 1 unspecified atom stereocenters. The van der Waals surface area contributed by atoms with E-state index in [1.807, 2.05) is 0 Å². The predicted octanol–water partition coefficient (Wildman–Crippen LogP) is 3.50. The Morgan fingerprint density at radius 1 is 1.11 bits per heavy atom. The molecule has 0 fully saturated rings. The van der Waals surface area contributed by atoms with Crippen molar-refractivity contribution in [2.45, 2.75) is 52.0 Å². The van der Waals surface area contributed by atoms with E-state index in [0.717, 1.165) is 32.5 Å². The van der Waals surface area contributed by atoms with Crippen molar-refractivity contribution in [3.05, 3.63) is 35.4 Å². The van der Waals surface area contributed by atoms with Crippen LogP contribution in [0.25, 0.3) is 0 Å². The third-order valence-electron chi connectivity index (χ3n) is 3.13. The molecule has 2 heteroatoms. The van der Waals surface area contributed by atoms with Crippen LogP contribution in [0.2, 0.25) is 0 Å². The molecule has 102 valence electrons. The van der Waals surface area contributed by atoms with Gasteiger partial charge in [0.1, 0.15) is 0 Å². The second-order valence-corrected chi connectivity index (χ2v) is 5.26. The number of hydrogen-bond acceptors (Lipinski definition) is 2. The Balaban J connectivity index is 2.32. The molecule has 0 saturated heterocycles. The highest BCUT2D eigenvalue weighted by molar-refractivity contribution is 5.25. The van der Waals surface area contributed by atoms with E-state index < -0.39 is 0 Å². The Labute approximate surface area is 112 Å². The van der Waals surface area contributed by atoms with Crippen molar-refractivity contribution in [2.24, 2.45) is 5.73 Å². The van der Waals surface area contributed by atoms with Gasteiger partial charge in [0.2, 0.25) is 0 Å². The molecule has 0 heterocycles. The van der Waals surface area contributed by atoms with E-state index in [4.69, 9.17) is 10.5 Å². The van der Waals surface area contributed by atoms with Crippen LogP contribution in [0.1, 0.15) is 50.7 Å². The summed E-state index contributed by atoms with van der Waals surface area (Å²) in [5.74, 6) is 0.593. The molecule has 1 aromatic carbocycles. The van der Waals surface area contributed by atoms with Crippen molar-refractivity contribution in [1.82, 2.24) is 0 Å². The van der Waals surface area contributed by atoms with E-state index in [-0.39, 0.29) is 6.04 Å². The fourth-order valence-corrected chi connectivity index (χ4v) is 1.92. The first-order valence-corrected chi connectivity index (χ1v) is 7.05. The fraction of sp³-hybridized carbons (Fsp3) is 0.625. The van der Waals surface area contributed by atoms with E-state index in [1.165, 1.54) is 11.1 Å². The molecule has 1 aromatic rings. The molecule has 1 atom stereocenters. The third kappa shape index (κ3) is 5.65. The van der Waals surface area contributed by atoms with Gasteiger partial charge in [0.25, 0.3) is 0 Å². The summed E-state index contributed by atoms with van der Waals surface area (Å²) in [4.78, 5) is 0. The molecule has 2 N–H and O–H groups in total. The van der Waals surface area contributed by atoms with E-state index in [2.05, 4.69) is 45.0 Å². The van der Waals surface area contributed by atoms with Gasteiger partial charge in [-0.05, 0) is 36.3 Å². The molecule has 0 aliphatic carbocycles. The van der Waals surface area contributed by atoms with Crippen LogP contribution >= 0.6 is 0 Å². The monoisotopic (exact) mass is 249 g/mol. The van der Waals surface area contributed by atoms with Gasteiger partial charge in [0.05, 0.1) is 0 Å². The molecule has 0 aliphatic heterocycles. The maximum Gasteiger partial charge on any atom is 0.0480 e. The molecule has 0 saturated carbocycles. The summed E-state index contributed by atoms with van der Waals surface area (Å²) in [7, 11) is 0. The molecule has 0 bridgehead atoms. The van der Waals surface area contributed by atoms with Gasteiger partial charge >= 0.3 is 0 Å². The predicted molar refractivity (Wildman–Crippen MR) is 77.9 cm³/mol. The van der Waals surface area contributed by atoms with Gasteiger partial charge < -0.3 is 10.5 Å². The average molecular weight is 249 g/mol. The van der Waals surface area contributed by atoms with Crippen molar-refractivity contribution in [2.75, 3.05) is 13.2 Å².